The molecule has 0 aromatic rings. The smallest absolute Gasteiger partial charge is 0.00398 e. The van der Waals surface area contributed by atoms with Gasteiger partial charge in [0, 0.05) is 5.75 Å². The maximum Gasteiger partial charge on any atom is 0.00398 e. The van der Waals surface area contributed by atoms with E-state index in [0.717, 1.165) is 0 Å². The van der Waals surface area contributed by atoms with Crippen molar-refractivity contribution in [1.82, 2.24) is 0 Å². The van der Waals surface area contributed by atoms with Crippen LogP contribution in [-0.4, -0.2) is 5.75 Å². The molecule has 0 saturated carbocycles. The minimum absolute atomic E-state index is 1.30. The van der Waals surface area contributed by atoms with Gasteiger partial charge in [-0.05, 0) is 6.42 Å². The summed E-state index contributed by atoms with van der Waals surface area (Å²) in [6.45, 7) is 2.22. The molecular weight excluding hydrogens is 143 g/mol. The van der Waals surface area contributed by atoms with E-state index in [1.165, 1.54) is 18.6 Å². The topological polar surface area (TPSA) is 0 Å². The van der Waals surface area contributed by atoms with Crippen molar-refractivity contribution in [1.29, 1.82) is 0 Å². The Balaban J connectivity index is 2.45. The molecule has 0 fully saturated rings. The molecule has 44 valence electrons. The second-order valence-electron chi connectivity index (χ2n) is 1.27. The zero-order valence-electron chi connectivity index (χ0n) is 4.52. The Hall–Kier alpha value is 1.13. The van der Waals surface area contributed by atoms with Gasteiger partial charge in [0.25, 0.3) is 0 Å². The standard InChI is InChI=1S/C4H11PS2/c1-2-3-4-6-7-5/h2-5H2,1H3. The first kappa shape index (κ1) is 8.13. The van der Waals surface area contributed by atoms with Gasteiger partial charge in [0.05, 0.1) is 0 Å². The van der Waals surface area contributed by atoms with Gasteiger partial charge in [-0.25, -0.2) is 0 Å². The molecule has 0 saturated heterocycles. The zero-order valence-corrected chi connectivity index (χ0v) is 7.30. The molecular formula is C4H11PS2. The first-order chi connectivity index (χ1) is 3.41. The molecule has 0 amide bonds. The van der Waals surface area contributed by atoms with Gasteiger partial charge in [-0.2, -0.15) is 0 Å². The Labute approximate surface area is 55.6 Å². The fourth-order valence-electron chi connectivity index (χ4n) is 0.251. The lowest BCUT2D eigenvalue weighted by Crippen LogP contribution is -1.69. The van der Waals surface area contributed by atoms with E-state index in [1.807, 2.05) is 10.8 Å². The van der Waals surface area contributed by atoms with E-state index < -0.39 is 0 Å². The van der Waals surface area contributed by atoms with E-state index in [0.29, 0.717) is 0 Å². The van der Waals surface area contributed by atoms with Crippen LogP contribution in [-0.2, 0) is 0 Å². The lowest BCUT2D eigenvalue weighted by Gasteiger charge is -1.90. The molecule has 0 heterocycles. The maximum absolute atomic E-state index is 2.63. The monoisotopic (exact) mass is 154 g/mol. The average Bonchev–Trinajstić information content (AvgIpc) is 1.69. The lowest BCUT2D eigenvalue weighted by molar-refractivity contribution is 0.898. The van der Waals surface area contributed by atoms with Crippen molar-refractivity contribution >= 4 is 29.6 Å². The van der Waals surface area contributed by atoms with Crippen molar-refractivity contribution in [3.05, 3.63) is 0 Å². The van der Waals surface area contributed by atoms with Crippen LogP contribution in [0.4, 0.5) is 0 Å². The Morgan fingerprint density at radius 1 is 1.57 bits per heavy atom. The van der Waals surface area contributed by atoms with Crippen LogP contribution in [0.3, 0.4) is 0 Å². The molecule has 0 nitrogen and oxygen atoms in total. The summed E-state index contributed by atoms with van der Waals surface area (Å²) in [5.41, 5.74) is 0. The maximum atomic E-state index is 2.63. The molecule has 0 aromatic heterocycles. The van der Waals surface area contributed by atoms with Crippen LogP contribution in [0.5, 0.6) is 0 Å². The van der Waals surface area contributed by atoms with Crippen LogP contribution in [0.1, 0.15) is 19.8 Å². The molecule has 7 heavy (non-hydrogen) atoms. The Morgan fingerprint density at radius 2 is 2.29 bits per heavy atom. The molecule has 3 heteroatoms. The third kappa shape index (κ3) is 7.13. The van der Waals surface area contributed by atoms with Gasteiger partial charge in [0.15, 0.2) is 0 Å². The van der Waals surface area contributed by atoms with Gasteiger partial charge in [-0.1, -0.05) is 43.0 Å². The predicted octanol–water partition coefficient (Wildman–Crippen LogP) is 2.96. The molecule has 0 N–H and O–H groups in total. The first-order valence-corrected chi connectivity index (χ1v) is 6.19. The highest BCUT2D eigenvalue weighted by Gasteiger charge is 1.80. The van der Waals surface area contributed by atoms with E-state index in [2.05, 4.69) is 15.4 Å². The van der Waals surface area contributed by atoms with E-state index >= 15 is 0 Å². The Bertz CT molecular complexity index is 28.9. The predicted molar refractivity (Wildman–Crippen MR) is 44.7 cm³/mol. The van der Waals surface area contributed by atoms with Crippen molar-refractivity contribution < 1.29 is 0 Å². The van der Waals surface area contributed by atoms with Crippen LogP contribution < -0.4 is 0 Å². The number of rotatable bonds is 4. The molecule has 0 spiro atoms. The van der Waals surface area contributed by atoms with Gasteiger partial charge in [0.1, 0.15) is 0 Å². The molecule has 1 unspecified atom stereocenters. The quantitative estimate of drug-likeness (QED) is 0.347. The van der Waals surface area contributed by atoms with Crippen molar-refractivity contribution in [2.24, 2.45) is 0 Å². The van der Waals surface area contributed by atoms with Crippen LogP contribution >= 0.6 is 29.6 Å². The number of unbranched alkanes of at least 4 members (excludes halogenated alkanes) is 1. The Kier molecular flexibility index (Phi) is 8.28. The van der Waals surface area contributed by atoms with Gasteiger partial charge in [-0.15, -0.1) is 0 Å². The van der Waals surface area contributed by atoms with Crippen molar-refractivity contribution in [2.45, 2.75) is 19.8 Å². The highest BCUT2D eigenvalue weighted by atomic mass is 33.3. The van der Waals surface area contributed by atoms with Crippen molar-refractivity contribution in [2.75, 3.05) is 5.75 Å². The summed E-state index contributed by atoms with van der Waals surface area (Å²) >= 11 is 0. The minimum atomic E-state index is 1.30. The third-order valence-electron chi connectivity index (χ3n) is 0.649. The van der Waals surface area contributed by atoms with Gasteiger partial charge >= 0.3 is 0 Å². The summed E-state index contributed by atoms with van der Waals surface area (Å²) in [7, 11) is 6.32. The second-order valence-corrected chi connectivity index (χ2v) is 5.12. The molecule has 0 aliphatic rings. The number of hydrogen-bond donors (Lipinski definition) is 0. The summed E-state index contributed by atoms with van der Waals surface area (Å²) in [6, 6.07) is 0. The van der Waals surface area contributed by atoms with Crippen LogP contribution in [0.15, 0.2) is 0 Å². The molecule has 0 bridgehead atoms. The highest BCUT2D eigenvalue weighted by molar-refractivity contribution is 8.94. The summed E-state index contributed by atoms with van der Waals surface area (Å²) in [5.74, 6) is 1.30. The van der Waals surface area contributed by atoms with E-state index in [-0.39, 0.29) is 0 Å². The van der Waals surface area contributed by atoms with E-state index in [1.54, 1.807) is 10.4 Å². The Morgan fingerprint density at radius 3 is 2.71 bits per heavy atom. The summed E-state index contributed by atoms with van der Waals surface area (Å²) in [4.78, 5) is 0. The van der Waals surface area contributed by atoms with Gasteiger partial charge in [0.2, 0.25) is 0 Å². The molecule has 1 atom stereocenters. The lowest BCUT2D eigenvalue weighted by atomic mass is 10.4. The number of hydrogen-bond acceptors (Lipinski definition) is 2. The summed E-state index contributed by atoms with van der Waals surface area (Å²) in [5, 5.41) is 0. The van der Waals surface area contributed by atoms with Crippen LogP contribution in [0, 0.1) is 0 Å². The first-order valence-electron chi connectivity index (χ1n) is 2.40. The fourth-order valence-corrected chi connectivity index (χ4v) is 2.26. The largest absolute Gasteiger partial charge is 0.0901 e. The molecule has 0 rings (SSSR count). The molecule has 0 aliphatic carbocycles. The van der Waals surface area contributed by atoms with Crippen molar-refractivity contribution in [3.63, 3.8) is 0 Å². The highest BCUT2D eigenvalue weighted by Crippen LogP contribution is 2.28. The van der Waals surface area contributed by atoms with Crippen LogP contribution in [0.25, 0.3) is 0 Å². The van der Waals surface area contributed by atoms with E-state index in [4.69, 9.17) is 0 Å². The van der Waals surface area contributed by atoms with Gasteiger partial charge < -0.3 is 0 Å². The summed E-state index contributed by atoms with van der Waals surface area (Å²) in [6.07, 6.45) is 2.67. The summed E-state index contributed by atoms with van der Waals surface area (Å²) < 4.78 is 0. The minimum Gasteiger partial charge on any atom is -0.0901 e. The normalized spacial score (nSPS) is 9.43. The molecule has 0 aliphatic heterocycles. The fraction of sp³-hybridized carbons (Fsp3) is 1.00. The van der Waals surface area contributed by atoms with E-state index in [9.17, 15) is 0 Å². The van der Waals surface area contributed by atoms with Crippen LogP contribution in [0.2, 0.25) is 0 Å². The molecule has 0 radical (unpaired) electrons. The van der Waals surface area contributed by atoms with Gasteiger partial charge in [-0.3, -0.25) is 0 Å². The average molecular weight is 154 g/mol. The second kappa shape index (κ2) is 7.13. The zero-order chi connectivity index (χ0) is 5.54. The SMILES string of the molecule is CCCCSSP. The molecule has 0 aromatic carbocycles. The third-order valence-corrected chi connectivity index (χ3v) is 3.37. The van der Waals surface area contributed by atoms with Crippen molar-refractivity contribution in [3.8, 4) is 0 Å².